The van der Waals surface area contributed by atoms with Crippen molar-refractivity contribution in [3.8, 4) is 0 Å². The highest BCUT2D eigenvalue weighted by Crippen LogP contribution is 2.37. The lowest BCUT2D eigenvalue weighted by Gasteiger charge is -2.25. The molecular formula is C18H16N8OS2. The van der Waals surface area contributed by atoms with Gasteiger partial charge in [0.1, 0.15) is 9.88 Å². The Morgan fingerprint density at radius 1 is 1.41 bits per heavy atom. The summed E-state index contributed by atoms with van der Waals surface area (Å²) < 4.78 is 3.11. The van der Waals surface area contributed by atoms with E-state index in [1.165, 1.54) is 11.3 Å². The summed E-state index contributed by atoms with van der Waals surface area (Å²) in [6, 6.07) is 1.95. The molecule has 9 nitrogen and oxygen atoms in total. The van der Waals surface area contributed by atoms with Crippen LogP contribution >= 0.6 is 22.7 Å². The molecule has 0 unspecified atom stereocenters. The number of thiazole rings is 2. The largest absolute Gasteiger partial charge is 0.365 e. The van der Waals surface area contributed by atoms with E-state index in [2.05, 4.69) is 26.9 Å². The van der Waals surface area contributed by atoms with Crippen molar-refractivity contribution in [2.75, 3.05) is 0 Å². The van der Waals surface area contributed by atoms with Gasteiger partial charge in [0.15, 0.2) is 5.65 Å². The fraction of sp³-hybridized carbons (Fsp3) is 0.167. The van der Waals surface area contributed by atoms with Crippen LogP contribution in [0.2, 0.25) is 0 Å². The van der Waals surface area contributed by atoms with Crippen molar-refractivity contribution in [2.24, 2.45) is 17.9 Å². The maximum Gasteiger partial charge on any atom is 0.260 e. The number of carbonyl (C=O) groups excluding carboxylic acids is 1. The zero-order valence-electron chi connectivity index (χ0n) is 15.4. The second-order valence-electron chi connectivity index (χ2n) is 6.57. The third-order valence-electron chi connectivity index (χ3n) is 4.77. The second kappa shape index (κ2) is 6.64. The first-order valence-electron chi connectivity index (χ1n) is 8.72. The highest BCUT2D eigenvalue weighted by molar-refractivity contribution is 7.19. The van der Waals surface area contributed by atoms with Crippen LogP contribution in [0.4, 0.5) is 0 Å². The van der Waals surface area contributed by atoms with Crippen LogP contribution in [0.1, 0.15) is 37.3 Å². The molecule has 29 heavy (non-hydrogen) atoms. The van der Waals surface area contributed by atoms with Crippen LogP contribution in [0.25, 0.3) is 16.0 Å². The number of hydrogen-bond donors (Lipinski definition) is 2. The molecule has 4 aromatic rings. The van der Waals surface area contributed by atoms with Crippen LogP contribution in [-0.2, 0) is 20.0 Å². The van der Waals surface area contributed by atoms with E-state index in [-0.39, 0.29) is 0 Å². The molecule has 1 aliphatic heterocycles. The number of carbonyl (C=O) groups is 1. The molecule has 0 aliphatic carbocycles. The molecule has 0 saturated carbocycles. The summed E-state index contributed by atoms with van der Waals surface area (Å²) in [7, 11) is 1.97. The Morgan fingerprint density at radius 2 is 2.28 bits per heavy atom. The zero-order chi connectivity index (χ0) is 20.1. The molecule has 5 heterocycles. The van der Waals surface area contributed by atoms with Crippen LogP contribution in [0.5, 0.6) is 0 Å². The van der Waals surface area contributed by atoms with E-state index in [9.17, 15) is 4.79 Å². The summed E-state index contributed by atoms with van der Waals surface area (Å²) in [4.78, 5) is 21.1. The maximum atomic E-state index is 11.6. The number of H-pyrrole nitrogens is 1. The minimum atomic E-state index is -0.484. The van der Waals surface area contributed by atoms with Crippen LogP contribution in [0, 0.1) is 0 Å². The number of amides is 1. The quantitative estimate of drug-likeness (QED) is 0.510. The van der Waals surface area contributed by atoms with Crippen molar-refractivity contribution in [3.05, 3.63) is 56.9 Å². The first-order chi connectivity index (χ1) is 14.0. The Morgan fingerprint density at radius 3 is 3.03 bits per heavy atom. The standard InChI is InChI=1S/C18H16N8OS2/c1-9-14-11(6-22-26(9)7-12-16(17(19)27)28-8-20-12)15-18(25(14)2)23-13(29-15)5-10-3-4-21-24-10/h3-4,6,8H,1,5,7H2,2H3,(H2,19,27)(H,21,24). The van der Waals surface area contributed by atoms with Gasteiger partial charge < -0.3 is 10.3 Å². The molecule has 0 radical (unpaired) electrons. The molecule has 0 fully saturated rings. The lowest BCUT2D eigenvalue weighted by Crippen LogP contribution is -2.23. The number of fused-ring (bicyclic) bond motifs is 3. The number of nitrogens with one attached hydrogen (secondary N) is 1. The predicted octanol–water partition coefficient (Wildman–Crippen LogP) is 2.32. The van der Waals surface area contributed by atoms with E-state index in [1.54, 1.807) is 21.9 Å². The Hall–Kier alpha value is -3.31. The predicted molar refractivity (Wildman–Crippen MR) is 113 cm³/mol. The van der Waals surface area contributed by atoms with Gasteiger partial charge in [0.2, 0.25) is 0 Å². The molecule has 3 N–H and O–H groups in total. The van der Waals surface area contributed by atoms with Crippen molar-refractivity contribution in [3.63, 3.8) is 0 Å². The van der Waals surface area contributed by atoms with Gasteiger partial charge in [-0.2, -0.15) is 10.2 Å². The van der Waals surface area contributed by atoms with Gasteiger partial charge in [0, 0.05) is 25.2 Å². The molecular weight excluding hydrogens is 408 g/mol. The number of hydrogen-bond acceptors (Lipinski definition) is 8. The van der Waals surface area contributed by atoms with Crippen LogP contribution in [0.15, 0.2) is 29.5 Å². The summed E-state index contributed by atoms with van der Waals surface area (Å²) in [6.07, 6.45) is 4.31. The molecule has 4 aromatic heterocycles. The van der Waals surface area contributed by atoms with Crippen molar-refractivity contribution < 1.29 is 4.79 Å². The molecule has 0 saturated heterocycles. The first-order valence-corrected chi connectivity index (χ1v) is 10.4. The summed E-state index contributed by atoms with van der Waals surface area (Å²) >= 11 is 2.87. The minimum absolute atomic E-state index is 0.327. The maximum absolute atomic E-state index is 11.6. The molecule has 1 amide bonds. The second-order valence-corrected chi connectivity index (χ2v) is 8.50. The third-order valence-corrected chi connectivity index (χ3v) is 6.73. The first kappa shape index (κ1) is 17.8. The Kier molecular flexibility index (Phi) is 4.07. The van der Waals surface area contributed by atoms with Crippen molar-refractivity contribution in [2.45, 2.75) is 13.0 Å². The average Bonchev–Trinajstić information content (AvgIpc) is 3.45. The minimum Gasteiger partial charge on any atom is -0.365 e. The molecule has 146 valence electrons. The SMILES string of the molecule is C=C1c2c(c3sc(Cc4cc[nH]n4)nc3n2C)C=NN1Cc1ncsc1C(N)=O. The Labute approximate surface area is 173 Å². The molecule has 0 atom stereocenters. The zero-order valence-corrected chi connectivity index (χ0v) is 17.0. The molecule has 5 rings (SSSR count). The summed E-state index contributed by atoms with van der Waals surface area (Å²) in [5, 5.41) is 14.3. The van der Waals surface area contributed by atoms with Crippen molar-refractivity contribution >= 4 is 50.8 Å². The summed E-state index contributed by atoms with van der Waals surface area (Å²) in [5.41, 5.74) is 12.2. The fourth-order valence-corrected chi connectivity index (χ4v) is 5.20. The van der Waals surface area contributed by atoms with Crippen LogP contribution < -0.4 is 5.73 Å². The van der Waals surface area contributed by atoms with E-state index < -0.39 is 5.91 Å². The van der Waals surface area contributed by atoms with Crippen molar-refractivity contribution in [1.29, 1.82) is 0 Å². The molecule has 0 bridgehead atoms. The van der Waals surface area contributed by atoms with E-state index >= 15 is 0 Å². The van der Waals surface area contributed by atoms with Gasteiger partial charge in [-0.05, 0) is 6.07 Å². The lowest BCUT2D eigenvalue weighted by atomic mass is 10.2. The van der Waals surface area contributed by atoms with Gasteiger partial charge in [0.05, 0.1) is 45.7 Å². The molecule has 1 aliphatic rings. The van der Waals surface area contributed by atoms with E-state index in [0.29, 0.717) is 23.5 Å². The molecule has 0 aromatic carbocycles. The number of aryl methyl sites for hydroxylation is 1. The van der Waals surface area contributed by atoms with E-state index in [4.69, 9.17) is 10.7 Å². The van der Waals surface area contributed by atoms with Crippen molar-refractivity contribution in [1.82, 2.24) is 29.7 Å². The number of nitrogens with zero attached hydrogens (tertiary/aromatic N) is 6. The van der Waals surface area contributed by atoms with Gasteiger partial charge in [-0.1, -0.05) is 6.58 Å². The van der Waals surface area contributed by atoms with Gasteiger partial charge in [-0.25, -0.2) is 9.97 Å². The monoisotopic (exact) mass is 424 g/mol. The number of aromatic nitrogens is 5. The van der Waals surface area contributed by atoms with Gasteiger partial charge in [-0.3, -0.25) is 14.9 Å². The number of nitrogens with two attached hydrogens (primary N) is 1. The average molecular weight is 425 g/mol. The Balaban J connectivity index is 1.48. The van der Waals surface area contributed by atoms with Crippen LogP contribution in [0.3, 0.4) is 0 Å². The number of rotatable bonds is 5. The lowest BCUT2D eigenvalue weighted by molar-refractivity contribution is 0.100. The normalized spacial score (nSPS) is 13.4. The van der Waals surface area contributed by atoms with Gasteiger partial charge in [-0.15, -0.1) is 22.7 Å². The van der Waals surface area contributed by atoms with Gasteiger partial charge in [0.25, 0.3) is 5.91 Å². The third kappa shape index (κ3) is 2.86. The molecule has 0 spiro atoms. The smallest absolute Gasteiger partial charge is 0.260 e. The topological polar surface area (TPSA) is 118 Å². The Bertz CT molecular complexity index is 1280. The van der Waals surface area contributed by atoms with E-state index in [0.717, 1.165) is 38.0 Å². The van der Waals surface area contributed by atoms with Gasteiger partial charge >= 0.3 is 0 Å². The molecule has 11 heteroatoms. The number of aromatic amines is 1. The highest BCUT2D eigenvalue weighted by atomic mass is 32.1. The van der Waals surface area contributed by atoms with E-state index in [1.807, 2.05) is 30.1 Å². The highest BCUT2D eigenvalue weighted by Gasteiger charge is 2.27. The summed E-state index contributed by atoms with van der Waals surface area (Å²) in [6.45, 7) is 4.55. The van der Waals surface area contributed by atoms with Crippen LogP contribution in [-0.4, -0.2) is 41.9 Å². The number of hydrazone groups is 1. The summed E-state index contributed by atoms with van der Waals surface area (Å²) in [5.74, 6) is -0.484. The fourth-order valence-electron chi connectivity index (χ4n) is 3.42. The number of primary amides is 1.